The summed E-state index contributed by atoms with van der Waals surface area (Å²) in [4.78, 5) is 41.2. The zero-order chi connectivity index (χ0) is 19.8. The highest BCUT2D eigenvalue weighted by Crippen LogP contribution is 2.39. The second-order valence-corrected chi connectivity index (χ2v) is 6.82. The number of esters is 1. The van der Waals surface area contributed by atoms with Crippen LogP contribution in [0.1, 0.15) is 6.23 Å². The number of carbonyl (C=O) groups excluding carboxylic acids is 1. The number of anilines is 1. The quantitative estimate of drug-likeness (QED) is 0.252. The maximum absolute atomic E-state index is 11.5. The van der Waals surface area contributed by atoms with Gasteiger partial charge in [0.1, 0.15) is 24.1 Å². The molecule has 148 valence electrons. The van der Waals surface area contributed by atoms with Crippen LogP contribution in [-0.2, 0) is 23.4 Å². The molecule has 0 saturated carbocycles. The van der Waals surface area contributed by atoms with Gasteiger partial charge in [-0.3, -0.25) is 13.9 Å². The Hall–Kier alpha value is -2.19. The Bertz CT molecular complexity index is 886. The number of imidazole rings is 1. The van der Waals surface area contributed by atoms with Gasteiger partial charge in [-0.15, -0.1) is 0 Å². The van der Waals surface area contributed by atoms with E-state index in [-0.39, 0.29) is 17.0 Å². The number of hydrogen-bond donors (Lipinski definition) is 5. The fraction of sp³-hybridized carbons (Fsp3) is 0.500. The summed E-state index contributed by atoms with van der Waals surface area (Å²) >= 11 is 0. The molecule has 1 fully saturated rings. The van der Waals surface area contributed by atoms with E-state index in [0.717, 1.165) is 0 Å². The average molecular weight is 404 g/mol. The summed E-state index contributed by atoms with van der Waals surface area (Å²) in [6.07, 6.45) is -2.58. The summed E-state index contributed by atoms with van der Waals surface area (Å²) in [6, 6.07) is 0. The van der Waals surface area contributed by atoms with Crippen LogP contribution in [0.25, 0.3) is 11.2 Å². The summed E-state index contributed by atoms with van der Waals surface area (Å²) in [7, 11) is -4.81. The number of rotatable bonds is 6. The molecule has 4 atom stereocenters. The summed E-state index contributed by atoms with van der Waals surface area (Å²) < 4.78 is 27.4. The van der Waals surface area contributed by atoms with Crippen LogP contribution in [-0.4, -0.2) is 71.8 Å². The minimum Gasteiger partial charge on any atom is -0.456 e. The van der Waals surface area contributed by atoms with E-state index in [9.17, 15) is 14.5 Å². The summed E-state index contributed by atoms with van der Waals surface area (Å²) in [5.41, 5.74) is 11.4. The molecule has 0 aliphatic carbocycles. The van der Waals surface area contributed by atoms with Crippen LogP contribution >= 0.6 is 7.82 Å². The maximum atomic E-state index is 11.5. The van der Waals surface area contributed by atoms with Gasteiger partial charge in [0.05, 0.1) is 19.5 Å². The molecule has 3 rings (SSSR count). The number of aliphatic hydroxyl groups is 1. The van der Waals surface area contributed by atoms with Gasteiger partial charge in [0.25, 0.3) is 0 Å². The van der Waals surface area contributed by atoms with Gasteiger partial charge < -0.3 is 35.8 Å². The molecule has 0 unspecified atom stereocenters. The molecule has 0 spiro atoms. The largest absolute Gasteiger partial charge is 0.469 e. The summed E-state index contributed by atoms with van der Waals surface area (Å²) in [5.74, 6) is -0.731. The van der Waals surface area contributed by atoms with Gasteiger partial charge in [-0.05, 0) is 0 Å². The molecule has 0 amide bonds. The fourth-order valence-electron chi connectivity index (χ4n) is 2.66. The summed E-state index contributed by atoms with van der Waals surface area (Å²) in [6.45, 7) is -1.11. The van der Waals surface area contributed by atoms with Crippen molar-refractivity contribution in [2.75, 3.05) is 18.9 Å². The molecule has 2 aromatic heterocycles. The second-order valence-electron chi connectivity index (χ2n) is 5.58. The van der Waals surface area contributed by atoms with Gasteiger partial charge in [0.15, 0.2) is 23.8 Å². The molecule has 2 aromatic rings. The molecule has 0 bridgehead atoms. The van der Waals surface area contributed by atoms with Crippen molar-refractivity contribution in [3.63, 3.8) is 0 Å². The van der Waals surface area contributed by atoms with Crippen molar-refractivity contribution in [1.82, 2.24) is 19.5 Å². The van der Waals surface area contributed by atoms with Crippen molar-refractivity contribution in [3.05, 3.63) is 12.7 Å². The molecular weight excluding hydrogens is 387 g/mol. The number of phosphoric acid groups is 1. The standard InChI is InChI=1S/C12H17N6O8P/c13-1-6(19)26-9-5(2-24-27(21,22)23)25-12(8(9)20)18-4-17-7-10(14)15-3-16-11(7)18/h3-5,8-9,12,20H,1-2,13H2,(H2,14,15,16)(H2,21,22,23)/t5-,8-,9-,12-/m1/s1. The molecule has 7 N–H and O–H groups in total. The van der Waals surface area contributed by atoms with E-state index >= 15 is 0 Å². The van der Waals surface area contributed by atoms with Gasteiger partial charge in [-0.1, -0.05) is 0 Å². The number of aliphatic hydroxyl groups excluding tert-OH is 1. The SMILES string of the molecule is NCC(=O)O[C@H]1[C@@H](O)[C@H](n2cnc3c(N)ncnc32)O[C@@H]1COP(=O)(O)O. The first-order chi connectivity index (χ1) is 12.7. The fourth-order valence-corrected chi connectivity index (χ4v) is 3.00. The van der Waals surface area contributed by atoms with Crippen molar-refractivity contribution in [1.29, 1.82) is 0 Å². The predicted molar refractivity (Wildman–Crippen MR) is 86.6 cm³/mol. The number of carbonyl (C=O) groups is 1. The first kappa shape index (κ1) is 19.6. The Morgan fingerprint density at radius 3 is 2.78 bits per heavy atom. The molecular formula is C12H17N6O8P. The number of aromatic nitrogens is 4. The molecule has 1 aliphatic rings. The number of phosphoric ester groups is 1. The van der Waals surface area contributed by atoms with Crippen LogP contribution in [0.15, 0.2) is 12.7 Å². The summed E-state index contributed by atoms with van der Waals surface area (Å²) in [5, 5.41) is 10.6. The van der Waals surface area contributed by atoms with Crippen molar-refractivity contribution in [2.24, 2.45) is 5.73 Å². The molecule has 1 saturated heterocycles. The van der Waals surface area contributed by atoms with Gasteiger partial charge >= 0.3 is 13.8 Å². The molecule has 15 heteroatoms. The zero-order valence-corrected chi connectivity index (χ0v) is 14.5. The van der Waals surface area contributed by atoms with Gasteiger partial charge in [-0.25, -0.2) is 19.5 Å². The Labute approximate surface area is 151 Å². The minimum atomic E-state index is -4.81. The third-order valence-corrected chi connectivity index (χ3v) is 4.30. The highest BCUT2D eigenvalue weighted by Gasteiger charge is 2.48. The van der Waals surface area contributed by atoms with Crippen LogP contribution in [0.5, 0.6) is 0 Å². The smallest absolute Gasteiger partial charge is 0.456 e. The lowest BCUT2D eigenvalue weighted by Gasteiger charge is -2.20. The first-order valence-corrected chi connectivity index (χ1v) is 9.10. The van der Waals surface area contributed by atoms with Crippen LogP contribution in [0.4, 0.5) is 5.82 Å². The van der Waals surface area contributed by atoms with Crippen LogP contribution in [0.3, 0.4) is 0 Å². The molecule has 27 heavy (non-hydrogen) atoms. The van der Waals surface area contributed by atoms with Gasteiger partial charge in [0, 0.05) is 0 Å². The lowest BCUT2D eigenvalue weighted by molar-refractivity contribution is -0.154. The predicted octanol–water partition coefficient (Wildman–Crippen LogP) is -2.35. The Kier molecular flexibility index (Phi) is 5.39. The third-order valence-electron chi connectivity index (χ3n) is 3.81. The number of nitrogens with two attached hydrogens (primary N) is 2. The van der Waals surface area contributed by atoms with Crippen LogP contribution < -0.4 is 11.5 Å². The normalized spacial score (nSPS) is 25.8. The van der Waals surface area contributed by atoms with Gasteiger partial charge in [0.2, 0.25) is 0 Å². The van der Waals surface area contributed by atoms with Crippen molar-refractivity contribution in [3.8, 4) is 0 Å². The monoisotopic (exact) mass is 404 g/mol. The van der Waals surface area contributed by atoms with E-state index in [2.05, 4.69) is 19.5 Å². The molecule has 14 nitrogen and oxygen atoms in total. The van der Waals surface area contributed by atoms with E-state index in [1.54, 1.807) is 0 Å². The Morgan fingerprint density at radius 2 is 2.11 bits per heavy atom. The highest BCUT2D eigenvalue weighted by molar-refractivity contribution is 7.46. The van der Waals surface area contributed by atoms with Crippen LogP contribution in [0, 0.1) is 0 Å². The zero-order valence-electron chi connectivity index (χ0n) is 13.7. The maximum Gasteiger partial charge on any atom is 0.469 e. The number of ether oxygens (including phenoxy) is 2. The molecule has 1 aliphatic heterocycles. The van der Waals surface area contributed by atoms with Crippen molar-refractivity contribution in [2.45, 2.75) is 24.5 Å². The topological polar surface area (TPSA) is 218 Å². The van der Waals surface area contributed by atoms with E-state index in [0.29, 0.717) is 0 Å². The lowest BCUT2D eigenvalue weighted by atomic mass is 10.1. The number of hydrogen-bond acceptors (Lipinski definition) is 11. The molecule has 3 heterocycles. The van der Waals surface area contributed by atoms with E-state index in [4.69, 9.17) is 30.7 Å². The first-order valence-electron chi connectivity index (χ1n) is 7.57. The lowest BCUT2D eigenvalue weighted by Crippen LogP contribution is -2.39. The third kappa shape index (κ3) is 4.06. The van der Waals surface area contributed by atoms with E-state index in [1.807, 2.05) is 0 Å². The number of nitrogen functional groups attached to an aromatic ring is 1. The number of nitrogens with zero attached hydrogens (tertiary/aromatic N) is 4. The number of fused-ring (bicyclic) bond motifs is 1. The average Bonchev–Trinajstić information content (AvgIpc) is 3.15. The minimum absolute atomic E-state index is 0.110. The van der Waals surface area contributed by atoms with Gasteiger partial charge in [-0.2, -0.15) is 0 Å². The van der Waals surface area contributed by atoms with Crippen LogP contribution in [0.2, 0.25) is 0 Å². The van der Waals surface area contributed by atoms with Crippen molar-refractivity contribution >= 4 is 30.8 Å². The Balaban J connectivity index is 1.90. The van der Waals surface area contributed by atoms with Crippen molar-refractivity contribution < 1.29 is 38.3 Å². The highest BCUT2D eigenvalue weighted by atomic mass is 31.2. The van der Waals surface area contributed by atoms with E-state index < -0.39 is 51.5 Å². The molecule has 0 radical (unpaired) electrons. The molecule has 0 aromatic carbocycles. The Morgan fingerprint density at radius 1 is 1.37 bits per heavy atom. The second kappa shape index (κ2) is 7.44. The van der Waals surface area contributed by atoms with E-state index in [1.165, 1.54) is 17.2 Å².